The lowest BCUT2D eigenvalue weighted by molar-refractivity contribution is -0.116. The molecular weight excluding hydrogens is 426 g/mol. The number of fused-ring (bicyclic) bond motifs is 2. The van der Waals surface area contributed by atoms with Crippen molar-refractivity contribution in [2.45, 2.75) is 13.5 Å². The van der Waals surface area contributed by atoms with Gasteiger partial charge in [0, 0.05) is 17.5 Å². The van der Waals surface area contributed by atoms with Gasteiger partial charge < -0.3 is 9.64 Å². The molecule has 0 aliphatic carbocycles. The monoisotopic (exact) mass is 445 g/mol. The number of nitrogens with zero attached hydrogens (tertiary/aromatic N) is 1. The molecule has 1 amide bonds. The molecule has 32 heavy (non-hydrogen) atoms. The first-order valence-corrected chi connectivity index (χ1v) is 10.4. The Kier molecular flexibility index (Phi) is 5.93. The van der Waals surface area contributed by atoms with Crippen molar-refractivity contribution in [2.75, 3.05) is 12.0 Å². The van der Waals surface area contributed by atoms with Crippen LogP contribution in [0.15, 0.2) is 54.6 Å². The van der Waals surface area contributed by atoms with Crippen molar-refractivity contribution in [1.82, 2.24) is 0 Å². The molecule has 6 heteroatoms. The number of anilines is 1. The van der Waals surface area contributed by atoms with Crippen LogP contribution >= 0.6 is 11.6 Å². The molecule has 1 aliphatic heterocycles. The maximum Gasteiger partial charge on any atom is 0.338 e. The van der Waals surface area contributed by atoms with E-state index in [4.69, 9.17) is 16.3 Å². The van der Waals surface area contributed by atoms with Gasteiger partial charge in [-0.2, -0.15) is 0 Å². The van der Waals surface area contributed by atoms with Crippen LogP contribution in [0.1, 0.15) is 44.3 Å². The van der Waals surface area contributed by atoms with E-state index in [0.717, 1.165) is 27.9 Å². The number of rotatable bonds is 3. The van der Waals surface area contributed by atoms with Crippen LogP contribution in [0.5, 0.6) is 0 Å². The van der Waals surface area contributed by atoms with Crippen molar-refractivity contribution >= 4 is 47.6 Å². The lowest BCUT2D eigenvalue weighted by Crippen LogP contribution is -2.29. The van der Waals surface area contributed by atoms with Gasteiger partial charge in [-0.05, 0) is 58.1 Å². The van der Waals surface area contributed by atoms with E-state index in [0.29, 0.717) is 34.5 Å². The zero-order valence-electron chi connectivity index (χ0n) is 17.6. The number of carbonyl (C=O) groups is 3. The van der Waals surface area contributed by atoms with Gasteiger partial charge in [0.1, 0.15) is 6.29 Å². The van der Waals surface area contributed by atoms with Crippen molar-refractivity contribution in [1.29, 1.82) is 0 Å². The summed E-state index contributed by atoms with van der Waals surface area (Å²) in [6.45, 7) is 1.89. The van der Waals surface area contributed by atoms with Crippen LogP contribution in [-0.4, -0.2) is 25.3 Å². The van der Waals surface area contributed by atoms with Crippen LogP contribution in [-0.2, 0) is 16.1 Å². The van der Waals surface area contributed by atoms with E-state index >= 15 is 0 Å². The number of carbonyl (C=O) groups excluding carboxylic acids is 3. The second kappa shape index (κ2) is 8.81. The number of esters is 1. The topological polar surface area (TPSA) is 63.7 Å². The molecule has 160 valence electrons. The van der Waals surface area contributed by atoms with Crippen LogP contribution in [0.4, 0.5) is 5.69 Å². The molecule has 0 aromatic heterocycles. The van der Waals surface area contributed by atoms with E-state index in [1.807, 2.05) is 42.5 Å². The summed E-state index contributed by atoms with van der Waals surface area (Å²) in [5.41, 5.74) is 5.65. The van der Waals surface area contributed by atoms with E-state index in [1.165, 1.54) is 20.1 Å². The third-order valence-electron chi connectivity index (χ3n) is 5.47. The highest BCUT2D eigenvalue weighted by Crippen LogP contribution is 2.33. The molecule has 0 bridgehead atoms. The highest BCUT2D eigenvalue weighted by Gasteiger charge is 2.20. The molecule has 1 heterocycles. The summed E-state index contributed by atoms with van der Waals surface area (Å²) in [5, 5.41) is 0.599. The second-order valence-electron chi connectivity index (χ2n) is 7.47. The Hall–Kier alpha value is -3.70. The number of amides is 1. The number of benzene rings is 3. The zero-order chi connectivity index (χ0) is 22.8. The predicted octanol–water partition coefficient (Wildman–Crippen LogP) is 5.64. The van der Waals surface area contributed by atoms with Crippen LogP contribution < -0.4 is 4.90 Å². The Bertz CT molecular complexity index is 1280. The van der Waals surface area contributed by atoms with Crippen LogP contribution in [0.25, 0.3) is 23.3 Å². The van der Waals surface area contributed by atoms with Gasteiger partial charge in [0.2, 0.25) is 5.91 Å². The average Bonchev–Trinajstić information content (AvgIpc) is 2.79. The molecule has 4 rings (SSSR count). The molecule has 0 radical (unpaired) electrons. The second-order valence-corrected chi connectivity index (χ2v) is 7.91. The normalized spacial score (nSPS) is 13.3. The molecule has 3 aromatic carbocycles. The van der Waals surface area contributed by atoms with Crippen molar-refractivity contribution in [3.8, 4) is 11.1 Å². The summed E-state index contributed by atoms with van der Waals surface area (Å²) in [6.07, 6.45) is 4.62. The zero-order valence-corrected chi connectivity index (χ0v) is 18.3. The molecule has 0 spiro atoms. The summed E-state index contributed by atoms with van der Waals surface area (Å²) < 4.78 is 4.91. The Morgan fingerprint density at radius 1 is 1.00 bits per heavy atom. The molecule has 0 saturated heterocycles. The molecule has 3 aromatic rings. The maximum atomic E-state index is 12.5. The molecular formula is C26H20ClNO4. The fraction of sp³-hybridized carbons (Fsp3) is 0.115. The molecule has 0 saturated carbocycles. The molecule has 0 fully saturated rings. The minimum atomic E-state index is -0.522. The van der Waals surface area contributed by atoms with Gasteiger partial charge in [-0.15, -0.1) is 0 Å². The number of methoxy groups -OCH3 is 1. The number of hydrogen-bond acceptors (Lipinski definition) is 4. The molecule has 1 aliphatic rings. The van der Waals surface area contributed by atoms with Gasteiger partial charge in [0.05, 0.1) is 24.9 Å². The highest BCUT2D eigenvalue weighted by molar-refractivity contribution is 6.31. The molecule has 0 atom stereocenters. The fourth-order valence-corrected chi connectivity index (χ4v) is 4.04. The van der Waals surface area contributed by atoms with Crippen molar-refractivity contribution in [2.24, 2.45) is 0 Å². The Balaban J connectivity index is 1.85. The van der Waals surface area contributed by atoms with Crippen LogP contribution in [0, 0.1) is 0 Å². The SMILES string of the molecule is COC(=O)c1cc(C=O)ccc1-c1ccc2c(c1)CN(C(C)=O)c1ccc(Cl)cc1/C=C\2. The van der Waals surface area contributed by atoms with Gasteiger partial charge in [0.25, 0.3) is 0 Å². The number of hydrogen-bond donors (Lipinski definition) is 0. The van der Waals surface area contributed by atoms with E-state index in [1.54, 1.807) is 23.1 Å². The first-order chi connectivity index (χ1) is 15.4. The first kappa shape index (κ1) is 21.5. The summed E-state index contributed by atoms with van der Waals surface area (Å²) >= 11 is 6.16. The summed E-state index contributed by atoms with van der Waals surface area (Å²) in [4.78, 5) is 37.8. The van der Waals surface area contributed by atoms with Gasteiger partial charge in [-0.3, -0.25) is 9.59 Å². The predicted molar refractivity (Wildman–Crippen MR) is 126 cm³/mol. The lowest BCUT2D eigenvalue weighted by atomic mass is 9.93. The van der Waals surface area contributed by atoms with E-state index in [2.05, 4.69) is 0 Å². The fourth-order valence-electron chi connectivity index (χ4n) is 3.86. The minimum Gasteiger partial charge on any atom is -0.465 e. The molecule has 5 nitrogen and oxygen atoms in total. The first-order valence-electron chi connectivity index (χ1n) is 9.98. The number of aldehydes is 1. The third-order valence-corrected chi connectivity index (χ3v) is 5.71. The maximum absolute atomic E-state index is 12.5. The van der Waals surface area contributed by atoms with E-state index in [9.17, 15) is 14.4 Å². The van der Waals surface area contributed by atoms with Crippen LogP contribution in [0.2, 0.25) is 5.02 Å². The van der Waals surface area contributed by atoms with Crippen molar-refractivity contribution in [3.05, 3.63) is 87.4 Å². The Morgan fingerprint density at radius 2 is 1.78 bits per heavy atom. The third kappa shape index (κ3) is 4.07. The van der Waals surface area contributed by atoms with Gasteiger partial charge in [0.15, 0.2) is 0 Å². The minimum absolute atomic E-state index is 0.0918. The summed E-state index contributed by atoms with van der Waals surface area (Å²) in [6, 6.07) is 16.2. The highest BCUT2D eigenvalue weighted by atomic mass is 35.5. The van der Waals surface area contributed by atoms with E-state index < -0.39 is 5.97 Å². The number of ether oxygens (including phenoxy) is 1. The van der Waals surface area contributed by atoms with Gasteiger partial charge in [-0.25, -0.2) is 4.79 Å². The van der Waals surface area contributed by atoms with E-state index in [-0.39, 0.29) is 5.91 Å². The quantitative estimate of drug-likeness (QED) is 0.386. The van der Waals surface area contributed by atoms with Gasteiger partial charge >= 0.3 is 5.97 Å². The molecule has 0 unspecified atom stereocenters. The summed E-state index contributed by atoms with van der Waals surface area (Å²) in [5.74, 6) is -0.614. The lowest BCUT2D eigenvalue weighted by Gasteiger charge is -2.26. The van der Waals surface area contributed by atoms with Gasteiger partial charge in [-0.1, -0.05) is 48.0 Å². The van der Waals surface area contributed by atoms with Crippen molar-refractivity contribution in [3.63, 3.8) is 0 Å². The van der Waals surface area contributed by atoms with Crippen molar-refractivity contribution < 1.29 is 19.1 Å². The summed E-state index contributed by atoms with van der Waals surface area (Å²) in [7, 11) is 1.31. The smallest absolute Gasteiger partial charge is 0.338 e. The largest absolute Gasteiger partial charge is 0.465 e. The van der Waals surface area contributed by atoms with Crippen LogP contribution in [0.3, 0.4) is 0 Å². The standard InChI is InChI=1S/C26H20ClNO4/c1-16(30)28-14-21-12-19(23-9-3-17(15-29)11-24(23)26(31)32-2)6-4-18(21)5-7-20-13-22(27)8-10-25(20)28/h3-13,15H,14H2,1-2H3/b7-5-. The molecule has 0 N–H and O–H groups in total. The average molecular weight is 446 g/mol. The Labute approximate surface area is 190 Å². The Morgan fingerprint density at radius 3 is 2.50 bits per heavy atom. The number of halogens is 1.